The van der Waals surface area contributed by atoms with Crippen molar-refractivity contribution in [2.24, 2.45) is 0 Å². The number of hydrogen-bond acceptors (Lipinski definition) is 6. The molecule has 0 aliphatic rings. The molecule has 0 spiro atoms. The number of fused-ring (bicyclic) bond motifs is 1. The third kappa shape index (κ3) is 2.32. The molecular weight excluding hydrogens is 238 g/mol. The second-order valence-corrected chi connectivity index (χ2v) is 3.26. The fourth-order valence-corrected chi connectivity index (χ4v) is 1.23. The predicted molar refractivity (Wildman–Crippen MR) is 61.8 cm³/mol. The van der Waals surface area contributed by atoms with Crippen LogP contribution in [0.25, 0.3) is 11.2 Å². The van der Waals surface area contributed by atoms with Crippen LogP contribution >= 0.6 is 0 Å². The zero-order valence-electron chi connectivity index (χ0n) is 9.43. The summed E-state index contributed by atoms with van der Waals surface area (Å²) in [7, 11) is 0. The van der Waals surface area contributed by atoms with E-state index in [1.165, 1.54) is 13.3 Å². The van der Waals surface area contributed by atoms with Crippen molar-refractivity contribution in [1.82, 2.24) is 19.9 Å². The van der Waals surface area contributed by atoms with E-state index in [2.05, 4.69) is 31.8 Å². The summed E-state index contributed by atoms with van der Waals surface area (Å²) < 4.78 is 4.93. The van der Waals surface area contributed by atoms with Crippen molar-refractivity contribution in [3.05, 3.63) is 19.0 Å². The normalized spacial score (nSPS) is 10.1. The van der Waals surface area contributed by atoms with Gasteiger partial charge in [0, 0.05) is 13.0 Å². The number of esters is 1. The van der Waals surface area contributed by atoms with Gasteiger partial charge in [0.25, 0.3) is 5.88 Å². The fraction of sp³-hybridized carbons (Fsp3) is 0.100. The molecule has 2 rings (SSSR count). The number of carbonyl (C=O) groups excluding carboxylic acids is 2. The van der Waals surface area contributed by atoms with Gasteiger partial charge < -0.3 is 9.72 Å². The van der Waals surface area contributed by atoms with Gasteiger partial charge in [0.15, 0.2) is 5.65 Å². The predicted octanol–water partition coefficient (Wildman–Crippen LogP) is 0.403. The van der Waals surface area contributed by atoms with Gasteiger partial charge >= 0.3 is 5.97 Å². The van der Waals surface area contributed by atoms with Crippen LogP contribution in [-0.2, 0) is 9.59 Å². The minimum absolute atomic E-state index is 0.00830. The molecule has 2 heterocycles. The van der Waals surface area contributed by atoms with Crippen molar-refractivity contribution >= 4 is 29.0 Å². The van der Waals surface area contributed by atoms with Crippen LogP contribution in [0.2, 0.25) is 0 Å². The number of carbonyl (C=O) groups is 2. The van der Waals surface area contributed by atoms with Gasteiger partial charge in [-0.1, -0.05) is 6.58 Å². The van der Waals surface area contributed by atoms with E-state index in [1.54, 1.807) is 0 Å². The fourth-order valence-electron chi connectivity index (χ4n) is 1.23. The van der Waals surface area contributed by atoms with E-state index in [1.807, 2.05) is 0 Å². The topological polar surface area (TPSA) is 110 Å². The van der Waals surface area contributed by atoms with Gasteiger partial charge in [-0.25, -0.2) is 9.78 Å². The van der Waals surface area contributed by atoms with Crippen molar-refractivity contribution < 1.29 is 14.3 Å². The van der Waals surface area contributed by atoms with E-state index in [0.717, 1.165) is 6.08 Å². The van der Waals surface area contributed by atoms with Crippen LogP contribution in [0.4, 0.5) is 5.95 Å². The molecule has 0 atom stereocenters. The highest BCUT2D eigenvalue weighted by molar-refractivity contribution is 5.90. The highest BCUT2D eigenvalue weighted by atomic mass is 16.5. The van der Waals surface area contributed by atoms with Crippen molar-refractivity contribution in [1.29, 1.82) is 0 Å². The molecule has 0 aliphatic heterocycles. The summed E-state index contributed by atoms with van der Waals surface area (Å²) in [6, 6.07) is 0. The standard InChI is InChI=1S/C10H9N5O3/c1-3-6(17)18-9-7-8(12-4-11-7)14-10(15-9)13-5(2)16/h3-4H,1H2,2H3,(H2,11,12,13,14,15,16). The lowest BCUT2D eigenvalue weighted by atomic mass is 10.5. The first kappa shape index (κ1) is 11.7. The van der Waals surface area contributed by atoms with Gasteiger partial charge in [-0.3, -0.25) is 10.1 Å². The Hall–Kier alpha value is -2.77. The van der Waals surface area contributed by atoms with E-state index in [4.69, 9.17) is 4.74 Å². The molecule has 0 aromatic carbocycles. The summed E-state index contributed by atoms with van der Waals surface area (Å²) in [6.45, 7) is 4.59. The first-order valence-corrected chi connectivity index (χ1v) is 4.93. The second kappa shape index (κ2) is 4.62. The van der Waals surface area contributed by atoms with Gasteiger partial charge in [0.2, 0.25) is 11.9 Å². The monoisotopic (exact) mass is 247 g/mol. The van der Waals surface area contributed by atoms with Crippen LogP contribution in [0.1, 0.15) is 6.92 Å². The number of imidazole rings is 1. The Kier molecular flexibility index (Phi) is 3.00. The molecule has 2 N–H and O–H groups in total. The van der Waals surface area contributed by atoms with Crippen LogP contribution in [0.5, 0.6) is 5.88 Å². The number of aromatic nitrogens is 4. The number of nitrogens with zero attached hydrogens (tertiary/aromatic N) is 3. The minimum atomic E-state index is -0.668. The molecule has 0 radical (unpaired) electrons. The molecule has 0 saturated carbocycles. The Balaban J connectivity index is 2.47. The first-order valence-electron chi connectivity index (χ1n) is 4.93. The molecular formula is C10H9N5O3. The Morgan fingerprint density at radius 3 is 2.94 bits per heavy atom. The summed E-state index contributed by atoms with van der Waals surface area (Å²) >= 11 is 0. The van der Waals surface area contributed by atoms with Gasteiger partial charge in [0.05, 0.1) is 6.33 Å². The molecule has 92 valence electrons. The maximum Gasteiger partial charge on any atom is 0.336 e. The molecule has 0 unspecified atom stereocenters. The van der Waals surface area contributed by atoms with Gasteiger partial charge in [0.1, 0.15) is 5.52 Å². The zero-order chi connectivity index (χ0) is 13.1. The number of H-pyrrole nitrogens is 1. The average Bonchev–Trinajstić information content (AvgIpc) is 2.76. The molecule has 18 heavy (non-hydrogen) atoms. The van der Waals surface area contributed by atoms with Gasteiger partial charge in [-0.2, -0.15) is 9.97 Å². The number of rotatable bonds is 3. The van der Waals surface area contributed by atoms with E-state index in [-0.39, 0.29) is 23.4 Å². The van der Waals surface area contributed by atoms with Gasteiger partial charge in [-0.05, 0) is 0 Å². The minimum Gasteiger partial charge on any atom is -0.402 e. The molecule has 0 aliphatic carbocycles. The maximum atomic E-state index is 11.2. The van der Waals surface area contributed by atoms with Crippen molar-refractivity contribution in [2.75, 3.05) is 5.32 Å². The Morgan fingerprint density at radius 1 is 1.50 bits per heavy atom. The lowest BCUT2D eigenvalue weighted by Crippen LogP contribution is -2.12. The molecule has 1 amide bonds. The smallest absolute Gasteiger partial charge is 0.336 e. The SMILES string of the molecule is C=CC(=O)Oc1nc(NC(C)=O)nc2nc[nH]c12. The summed E-state index contributed by atoms with van der Waals surface area (Å²) in [4.78, 5) is 36.6. The van der Waals surface area contributed by atoms with E-state index in [0.29, 0.717) is 5.52 Å². The highest BCUT2D eigenvalue weighted by Gasteiger charge is 2.13. The molecule has 2 aromatic rings. The van der Waals surface area contributed by atoms with Gasteiger partial charge in [-0.15, -0.1) is 0 Å². The molecule has 0 bridgehead atoms. The van der Waals surface area contributed by atoms with E-state index >= 15 is 0 Å². The van der Waals surface area contributed by atoms with Crippen molar-refractivity contribution in [3.63, 3.8) is 0 Å². The quantitative estimate of drug-likeness (QED) is 0.600. The molecule has 0 fully saturated rings. The molecule has 0 saturated heterocycles. The Labute approximate surface area is 101 Å². The van der Waals surface area contributed by atoms with Crippen LogP contribution in [0, 0.1) is 0 Å². The molecule has 8 nitrogen and oxygen atoms in total. The summed E-state index contributed by atoms with van der Waals surface area (Å²) in [5, 5.41) is 2.39. The second-order valence-electron chi connectivity index (χ2n) is 3.26. The van der Waals surface area contributed by atoms with Crippen molar-refractivity contribution in [2.45, 2.75) is 6.92 Å². The Bertz CT molecular complexity index is 633. The maximum absolute atomic E-state index is 11.2. The lowest BCUT2D eigenvalue weighted by molar-refractivity contribution is -0.129. The summed E-state index contributed by atoms with van der Waals surface area (Å²) in [6.07, 6.45) is 2.38. The summed E-state index contributed by atoms with van der Waals surface area (Å²) in [5.74, 6) is -1.02. The highest BCUT2D eigenvalue weighted by Crippen LogP contribution is 2.20. The van der Waals surface area contributed by atoms with E-state index < -0.39 is 5.97 Å². The zero-order valence-corrected chi connectivity index (χ0v) is 9.43. The Morgan fingerprint density at radius 2 is 2.28 bits per heavy atom. The third-order valence-electron chi connectivity index (χ3n) is 1.90. The van der Waals surface area contributed by atoms with Crippen LogP contribution < -0.4 is 10.1 Å². The molecule has 2 aromatic heterocycles. The third-order valence-corrected chi connectivity index (χ3v) is 1.90. The van der Waals surface area contributed by atoms with Crippen LogP contribution in [0.15, 0.2) is 19.0 Å². The van der Waals surface area contributed by atoms with Crippen LogP contribution in [-0.4, -0.2) is 31.8 Å². The average molecular weight is 247 g/mol. The first-order chi connectivity index (χ1) is 8.60. The number of nitrogens with one attached hydrogen (secondary N) is 2. The number of aromatic amines is 1. The van der Waals surface area contributed by atoms with E-state index in [9.17, 15) is 9.59 Å². The number of amides is 1. The number of anilines is 1. The van der Waals surface area contributed by atoms with Crippen molar-refractivity contribution in [3.8, 4) is 5.88 Å². The largest absolute Gasteiger partial charge is 0.402 e. The number of ether oxygens (including phenoxy) is 1. The van der Waals surface area contributed by atoms with Crippen LogP contribution in [0.3, 0.4) is 0 Å². The lowest BCUT2D eigenvalue weighted by Gasteiger charge is -2.04. The molecule has 8 heteroatoms. The summed E-state index contributed by atoms with van der Waals surface area (Å²) in [5.41, 5.74) is 0.639. The number of hydrogen-bond donors (Lipinski definition) is 2.